The van der Waals surface area contributed by atoms with Gasteiger partial charge in [0.25, 0.3) is 0 Å². The monoisotopic (exact) mass is 186 g/mol. The van der Waals surface area contributed by atoms with Crippen LogP contribution in [0.5, 0.6) is 0 Å². The summed E-state index contributed by atoms with van der Waals surface area (Å²) in [6.45, 7) is 0. The first kappa shape index (κ1) is 7.50. The molecule has 1 aromatic carbocycles. The third-order valence-corrected chi connectivity index (χ3v) is 2.30. The lowest BCUT2D eigenvalue weighted by Crippen LogP contribution is -1.87. The molecule has 3 aromatic rings. The van der Waals surface area contributed by atoms with Crippen LogP contribution in [0.2, 0.25) is 0 Å². The molecule has 0 aliphatic carbocycles. The molecule has 0 saturated heterocycles. The Bertz CT molecular complexity index is 613. The van der Waals surface area contributed by atoms with E-state index in [2.05, 4.69) is 5.10 Å². The van der Waals surface area contributed by atoms with E-state index in [1.165, 1.54) is 6.07 Å². The van der Waals surface area contributed by atoms with E-state index in [-0.39, 0.29) is 5.82 Å². The summed E-state index contributed by atoms with van der Waals surface area (Å²) < 4.78 is 15.1. The maximum atomic E-state index is 13.5. The molecule has 0 unspecified atom stereocenters. The second-order valence-electron chi connectivity index (χ2n) is 3.17. The standard InChI is InChI=1S/C11H7FN2/c12-9-5-3-7-14-11(9)8-4-1-2-6-10(8)13-14/h1-7H. The van der Waals surface area contributed by atoms with Crippen molar-refractivity contribution in [3.8, 4) is 0 Å². The van der Waals surface area contributed by atoms with Crippen LogP contribution in [0.1, 0.15) is 0 Å². The first-order chi connectivity index (χ1) is 6.86. The van der Waals surface area contributed by atoms with Gasteiger partial charge in [0.1, 0.15) is 11.3 Å². The van der Waals surface area contributed by atoms with Crippen LogP contribution in [0.4, 0.5) is 4.39 Å². The molecule has 0 fully saturated rings. The smallest absolute Gasteiger partial charge is 0.149 e. The van der Waals surface area contributed by atoms with Crippen LogP contribution in [0.3, 0.4) is 0 Å². The molecular formula is C11H7FN2. The van der Waals surface area contributed by atoms with E-state index in [4.69, 9.17) is 0 Å². The molecule has 0 N–H and O–H groups in total. The second-order valence-corrected chi connectivity index (χ2v) is 3.17. The Morgan fingerprint density at radius 1 is 1.07 bits per heavy atom. The van der Waals surface area contributed by atoms with Crippen LogP contribution in [-0.2, 0) is 0 Å². The van der Waals surface area contributed by atoms with Crippen molar-refractivity contribution in [3.05, 3.63) is 48.4 Å². The highest BCUT2D eigenvalue weighted by atomic mass is 19.1. The lowest BCUT2D eigenvalue weighted by molar-refractivity contribution is 0.631. The Morgan fingerprint density at radius 3 is 2.86 bits per heavy atom. The predicted molar refractivity (Wildman–Crippen MR) is 52.7 cm³/mol. The summed E-state index contributed by atoms with van der Waals surface area (Å²) in [5.74, 6) is -0.235. The number of nitrogens with zero attached hydrogens (tertiary/aromatic N) is 2. The van der Waals surface area contributed by atoms with Crippen LogP contribution < -0.4 is 0 Å². The number of halogens is 1. The zero-order valence-corrected chi connectivity index (χ0v) is 7.31. The Morgan fingerprint density at radius 2 is 1.93 bits per heavy atom. The largest absolute Gasteiger partial charge is 0.237 e. The van der Waals surface area contributed by atoms with E-state index in [0.717, 1.165) is 10.9 Å². The molecule has 0 atom stereocenters. The van der Waals surface area contributed by atoms with Crippen molar-refractivity contribution in [2.45, 2.75) is 0 Å². The van der Waals surface area contributed by atoms with Gasteiger partial charge >= 0.3 is 0 Å². The minimum absolute atomic E-state index is 0.235. The van der Waals surface area contributed by atoms with Crippen molar-refractivity contribution in [2.75, 3.05) is 0 Å². The molecule has 3 rings (SSSR count). The van der Waals surface area contributed by atoms with Gasteiger partial charge < -0.3 is 0 Å². The highest BCUT2D eigenvalue weighted by Crippen LogP contribution is 2.20. The number of hydrogen-bond acceptors (Lipinski definition) is 1. The summed E-state index contributed by atoms with van der Waals surface area (Å²) >= 11 is 0. The van der Waals surface area contributed by atoms with Crippen molar-refractivity contribution in [1.82, 2.24) is 9.61 Å². The summed E-state index contributed by atoms with van der Waals surface area (Å²) in [7, 11) is 0. The molecule has 0 aliphatic rings. The van der Waals surface area contributed by atoms with Crippen LogP contribution in [0, 0.1) is 5.82 Å². The van der Waals surface area contributed by atoms with Crippen molar-refractivity contribution in [1.29, 1.82) is 0 Å². The number of aromatic nitrogens is 2. The van der Waals surface area contributed by atoms with Gasteiger partial charge in [-0.05, 0) is 18.2 Å². The molecule has 0 spiro atoms. The van der Waals surface area contributed by atoms with Gasteiger partial charge in [0, 0.05) is 11.6 Å². The second kappa shape index (κ2) is 2.54. The Labute approximate surface area is 79.6 Å². The molecule has 3 heteroatoms. The van der Waals surface area contributed by atoms with Crippen molar-refractivity contribution in [2.24, 2.45) is 0 Å². The highest BCUT2D eigenvalue weighted by molar-refractivity contribution is 5.94. The molecule has 68 valence electrons. The maximum Gasteiger partial charge on any atom is 0.149 e. The van der Waals surface area contributed by atoms with E-state index in [1.807, 2.05) is 24.3 Å². The Kier molecular flexibility index (Phi) is 1.36. The molecule has 0 bridgehead atoms. The summed E-state index contributed by atoms with van der Waals surface area (Å²) in [6.07, 6.45) is 1.75. The van der Waals surface area contributed by atoms with Crippen LogP contribution in [0.25, 0.3) is 16.4 Å². The average molecular weight is 186 g/mol. The van der Waals surface area contributed by atoms with E-state index in [0.29, 0.717) is 5.52 Å². The number of rotatable bonds is 0. The SMILES string of the molecule is Fc1cccn2nc3ccccc3c12. The minimum atomic E-state index is -0.235. The molecule has 0 amide bonds. The Balaban J connectivity index is 2.65. The molecule has 2 heterocycles. The lowest BCUT2D eigenvalue weighted by atomic mass is 10.2. The number of hydrogen-bond donors (Lipinski definition) is 0. The lowest BCUT2D eigenvalue weighted by Gasteiger charge is -1.92. The zero-order chi connectivity index (χ0) is 9.54. The summed E-state index contributed by atoms with van der Waals surface area (Å²) in [4.78, 5) is 0. The highest BCUT2D eigenvalue weighted by Gasteiger charge is 2.07. The fraction of sp³-hybridized carbons (Fsp3) is 0. The van der Waals surface area contributed by atoms with E-state index < -0.39 is 0 Å². The van der Waals surface area contributed by atoms with Gasteiger partial charge in [0.05, 0.1) is 5.52 Å². The van der Waals surface area contributed by atoms with E-state index in [9.17, 15) is 4.39 Å². The molecule has 14 heavy (non-hydrogen) atoms. The third kappa shape index (κ3) is 0.865. The average Bonchev–Trinajstić information content (AvgIpc) is 2.57. The minimum Gasteiger partial charge on any atom is -0.237 e. The predicted octanol–water partition coefficient (Wildman–Crippen LogP) is 2.63. The number of pyridine rings is 1. The zero-order valence-electron chi connectivity index (χ0n) is 7.31. The van der Waals surface area contributed by atoms with Crippen LogP contribution in [0.15, 0.2) is 42.6 Å². The van der Waals surface area contributed by atoms with Gasteiger partial charge in [-0.25, -0.2) is 8.91 Å². The molecule has 0 radical (unpaired) electrons. The quantitative estimate of drug-likeness (QED) is 0.527. The molecular weight excluding hydrogens is 179 g/mol. The maximum absolute atomic E-state index is 13.5. The van der Waals surface area contributed by atoms with Gasteiger partial charge in [-0.3, -0.25) is 0 Å². The molecule has 2 aromatic heterocycles. The number of fused-ring (bicyclic) bond motifs is 3. The topological polar surface area (TPSA) is 17.3 Å². The summed E-state index contributed by atoms with van der Waals surface area (Å²) in [5, 5.41) is 5.11. The van der Waals surface area contributed by atoms with E-state index in [1.54, 1.807) is 16.8 Å². The fourth-order valence-electron chi connectivity index (χ4n) is 1.68. The van der Waals surface area contributed by atoms with Gasteiger partial charge in [-0.1, -0.05) is 18.2 Å². The summed E-state index contributed by atoms with van der Waals surface area (Å²) in [6, 6.07) is 10.6. The van der Waals surface area contributed by atoms with Gasteiger partial charge in [0.15, 0.2) is 0 Å². The van der Waals surface area contributed by atoms with E-state index >= 15 is 0 Å². The Hall–Kier alpha value is -1.90. The van der Waals surface area contributed by atoms with Crippen molar-refractivity contribution >= 4 is 16.4 Å². The normalized spacial score (nSPS) is 11.2. The van der Waals surface area contributed by atoms with Gasteiger partial charge in [-0.2, -0.15) is 5.10 Å². The fourth-order valence-corrected chi connectivity index (χ4v) is 1.68. The first-order valence-electron chi connectivity index (χ1n) is 4.38. The van der Waals surface area contributed by atoms with Crippen molar-refractivity contribution in [3.63, 3.8) is 0 Å². The summed E-state index contributed by atoms with van der Waals surface area (Å²) in [5.41, 5.74) is 1.36. The van der Waals surface area contributed by atoms with Crippen molar-refractivity contribution < 1.29 is 4.39 Å². The third-order valence-electron chi connectivity index (χ3n) is 2.30. The molecule has 0 saturated carbocycles. The first-order valence-corrected chi connectivity index (χ1v) is 4.38. The number of benzene rings is 1. The van der Waals surface area contributed by atoms with Crippen LogP contribution in [-0.4, -0.2) is 9.61 Å². The van der Waals surface area contributed by atoms with Crippen LogP contribution >= 0.6 is 0 Å². The molecule has 2 nitrogen and oxygen atoms in total. The van der Waals surface area contributed by atoms with Gasteiger partial charge in [0.2, 0.25) is 0 Å². The van der Waals surface area contributed by atoms with Gasteiger partial charge in [-0.15, -0.1) is 0 Å². The molecule has 0 aliphatic heterocycles.